The fourth-order valence-corrected chi connectivity index (χ4v) is 1.91. The van der Waals surface area contributed by atoms with E-state index in [1.54, 1.807) is 25.3 Å². The fraction of sp³-hybridized carbons (Fsp3) is 0.385. The zero-order valence-corrected chi connectivity index (χ0v) is 13.5. The lowest BCUT2D eigenvalue weighted by atomic mass is 9.93. The molecule has 0 aliphatic rings. The molecular formula is C13H17BrN2O2S. The molecule has 3 N–H and O–H groups in total. The quantitative estimate of drug-likeness (QED) is 0.805. The van der Waals surface area contributed by atoms with Crippen molar-refractivity contribution in [2.75, 3.05) is 13.7 Å². The first-order valence-corrected chi connectivity index (χ1v) is 6.89. The summed E-state index contributed by atoms with van der Waals surface area (Å²) in [5.74, 6) is 0.507. The normalized spacial score (nSPS) is 10.9. The Kier molecular flexibility index (Phi) is 5.31. The predicted octanol–water partition coefficient (Wildman–Crippen LogP) is 2.50. The molecule has 0 atom stereocenters. The van der Waals surface area contributed by atoms with Crippen molar-refractivity contribution < 1.29 is 9.53 Å². The van der Waals surface area contributed by atoms with Gasteiger partial charge >= 0.3 is 0 Å². The molecule has 0 radical (unpaired) electrons. The van der Waals surface area contributed by atoms with Crippen molar-refractivity contribution in [3.63, 3.8) is 0 Å². The molecule has 0 spiro atoms. The summed E-state index contributed by atoms with van der Waals surface area (Å²) in [7, 11) is 1.57. The molecule has 1 rings (SSSR count). The number of nitrogens with two attached hydrogens (primary N) is 1. The average Bonchev–Trinajstić information content (AvgIpc) is 2.35. The molecule has 0 saturated carbocycles. The monoisotopic (exact) mass is 344 g/mol. The molecule has 4 nitrogen and oxygen atoms in total. The van der Waals surface area contributed by atoms with Gasteiger partial charge in [0, 0.05) is 17.5 Å². The Hall–Kier alpha value is -1.14. The van der Waals surface area contributed by atoms with Crippen LogP contribution in [-0.2, 0) is 0 Å². The van der Waals surface area contributed by atoms with Crippen LogP contribution < -0.4 is 15.8 Å². The van der Waals surface area contributed by atoms with Gasteiger partial charge in [-0.2, -0.15) is 0 Å². The van der Waals surface area contributed by atoms with Gasteiger partial charge in [-0.15, -0.1) is 0 Å². The SMILES string of the molecule is COc1ccc(C(=O)NCC(C)(C)C(N)=S)cc1Br. The lowest BCUT2D eigenvalue weighted by Crippen LogP contribution is -2.41. The molecule has 0 bridgehead atoms. The Balaban J connectivity index is 2.74. The lowest BCUT2D eigenvalue weighted by Gasteiger charge is -2.23. The second-order valence-electron chi connectivity index (χ2n) is 4.78. The summed E-state index contributed by atoms with van der Waals surface area (Å²) in [6.07, 6.45) is 0. The number of ether oxygens (including phenoxy) is 1. The molecule has 0 aliphatic carbocycles. The second kappa shape index (κ2) is 6.34. The first-order valence-electron chi connectivity index (χ1n) is 5.69. The average molecular weight is 345 g/mol. The molecule has 1 amide bonds. The number of carbonyl (C=O) groups excluding carboxylic acids is 1. The Bertz CT molecular complexity index is 503. The van der Waals surface area contributed by atoms with Gasteiger partial charge in [0.2, 0.25) is 0 Å². The van der Waals surface area contributed by atoms with Crippen molar-refractivity contribution in [2.24, 2.45) is 11.1 Å². The highest BCUT2D eigenvalue weighted by Gasteiger charge is 2.22. The smallest absolute Gasteiger partial charge is 0.251 e. The number of methoxy groups -OCH3 is 1. The topological polar surface area (TPSA) is 64.3 Å². The first-order chi connectivity index (χ1) is 8.77. The highest BCUT2D eigenvalue weighted by molar-refractivity contribution is 9.10. The van der Waals surface area contributed by atoms with Gasteiger partial charge in [0.05, 0.1) is 16.6 Å². The van der Waals surface area contributed by atoms with Crippen LogP contribution in [0.2, 0.25) is 0 Å². The van der Waals surface area contributed by atoms with Gasteiger partial charge in [-0.3, -0.25) is 4.79 Å². The number of benzene rings is 1. The van der Waals surface area contributed by atoms with E-state index in [-0.39, 0.29) is 5.91 Å². The molecule has 0 unspecified atom stereocenters. The van der Waals surface area contributed by atoms with Gasteiger partial charge in [0.15, 0.2) is 0 Å². The number of hydrogen-bond donors (Lipinski definition) is 2. The molecule has 1 aromatic rings. The number of rotatable bonds is 5. The van der Waals surface area contributed by atoms with Crippen LogP contribution in [-0.4, -0.2) is 24.6 Å². The highest BCUT2D eigenvalue weighted by atomic mass is 79.9. The van der Waals surface area contributed by atoms with E-state index in [2.05, 4.69) is 21.2 Å². The van der Waals surface area contributed by atoms with E-state index >= 15 is 0 Å². The van der Waals surface area contributed by atoms with E-state index in [0.29, 0.717) is 22.8 Å². The number of thiocarbonyl (C=S) groups is 1. The van der Waals surface area contributed by atoms with E-state index in [0.717, 1.165) is 4.47 Å². The van der Waals surface area contributed by atoms with Crippen LogP contribution >= 0.6 is 28.1 Å². The molecule has 104 valence electrons. The van der Waals surface area contributed by atoms with Gasteiger partial charge in [-0.05, 0) is 34.1 Å². The summed E-state index contributed by atoms with van der Waals surface area (Å²) in [4.78, 5) is 12.4. The highest BCUT2D eigenvalue weighted by Crippen LogP contribution is 2.25. The third kappa shape index (κ3) is 4.18. The van der Waals surface area contributed by atoms with Gasteiger partial charge in [-0.25, -0.2) is 0 Å². The van der Waals surface area contributed by atoms with Crippen LogP contribution in [0.15, 0.2) is 22.7 Å². The Morgan fingerprint density at radius 3 is 2.63 bits per heavy atom. The van der Waals surface area contributed by atoms with E-state index in [9.17, 15) is 4.79 Å². The molecule has 19 heavy (non-hydrogen) atoms. The predicted molar refractivity (Wildman–Crippen MR) is 83.6 cm³/mol. The second-order valence-corrected chi connectivity index (χ2v) is 6.07. The lowest BCUT2D eigenvalue weighted by molar-refractivity contribution is 0.0945. The van der Waals surface area contributed by atoms with Crippen LogP contribution in [0.3, 0.4) is 0 Å². The summed E-state index contributed by atoms with van der Waals surface area (Å²) >= 11 is 8.30. The molecule has 0 aliphatic heterocycles. The Morgan fingerprint density at radius 1 is 1.53 bits per heavy atom. The number of carbonyl (C=O) groups is 1. The van der Waals surface area contributed by atoms with Crippen molar-refractivity contribution >= 4 is 39.0 Å². The van der Waals surface area contributed by atoms with Crippen LogP contribution in [0, 0.1) is 5.41 Å². The standard InChI is InChI=1S/C13H17BrN2O2S/c1-13(2,12(15)19)7-16-11(17)8-4-5-10(18-3)9(14)6-8/h4-6H,7H2,1-3H3,(H2,15,19)(H,16,17). The molecule has 0 saturated heterocycles. The third-order valence-corrected chi connectivity index (χ3v) is 3.94. The maximum Gasteiger partial charge on any atom is 0.251 e. The zero-order chi connectivity index (χ0) is 14.6. The van der Waals surface area contributed by atoms with Gasteiger partial charge in [-0.1, -0.05) is 26.1 Å². The molecule has 0 fully saturated rings. The van der Waals surface area contributed by atoms with E-state index < -0.39 is 5.41 Å². The first kappa shape index (κ1) is 15.9. The molecule has 0 heterocycles. The summed E-state index contributed by atoms with van der Waals surface area (Å²) in [5, 5.41) is 2.82. The largest absolute Gasteiger partial charge is 0.496 e. The van der Waals surface area contributed by atoms with Crippen LogP contribution in [0.25, 0.3) is 0 Å². The Labute approximate surface area is 126 Å². The summed E-state index contributed by atoms with van der Waals surface area (Å²) in [6.45, 7) is 4.17. The molecule has 6 heteroatoms. The molecular weight excluding hydrogens is 328 g/mol. The van der Waals surface area contributed by atoms with Gasteiger partial charge in [0.1, 0.15) is 5.75 Å². The van der Waals surface area contributed by atoms with Crippen molar-refractivity contribution in [3.8, 4) is 5.75 Å². The van der Waals surface area contributed by atoms with E-state index in [1.165, 1.54) is 0 Å². The van der Waals surface area contributed by atoms with Crippen molar-refractivity contribution in [3.05, 3.63) is 28.2 Å². The molecule has 0 aromatic heterocycles. The van der Waals surface area contributed by atoms with Gasteiger partial charge in [0.25, 0.3) is 5.91 Å². The number of hydrogen-bond acceptors (Lipinski definition) is 3. The maximum absolute atomic E-state index is 12.0. The number of halogens is 1. The number of amides is 1. The van der Waals surface area contributed by atoms with Crippen LogP contribution in [0.5, 0.6) is 5.75 Å². The summed E-state index contributed by atoms with van der Waals surface area (Å²) in [5.41, 5.74) is 5.75. The van der Waals surface area contributed by atoms with Crippen molar-refractivity contribution in [1.82, 2.24) is 5.32 Å². The molecule has 1 aromatic carbocycles. The maximum atomic E-state index is 12.0. The van der Waals surface area contributed by atoms with Crippen LogP contribution in [0.4, 0.5) is 0 Å². The Morgan fingerprint density at radius 2 is 2.16 bits per heavy atom. The van der Waals surface area contributed by atoms with E-state index in [4.69, 9.17) is 22.7 Å². The zero-order valence-electron chi connectivity index (χ0n) is 11.1. The third-order valence-electron chi connectivity index (χ3n) is 2.77. The van der Waals surface area contributed by atoms with Gasteiger partial charge < -0.3 is 15.8 Å². The van der Waals surface area contributed by atoms with Crippen molar-refractivity contribution in [1.29, 1.82) is 0 Å². The minimum Gasteiger partial charge on any atom is -0.496 e. The fourth-order valence-electron chi connectivity index (χ4n) is 1.30. The number of nitrogens with one attached hydrogen (secondary N) is 1. The minimum atomic E-state index is -0.408. The summed E-state index contributed by atoms with van der Waals surface area (Å²) < 4.78 is 5.85. The van der Waals surface area contributed by atoms with E-state index in [1.807, 2.05) is 13.8 Å². The summed E-state index contributed by atoms with van der Waals surface area (Å²) in [6, 6.07) is 5.15. The minimum absolute atomic E-state index is 0.173. The van der Waals surface area contributed by atoms with Crippen LogP contribution in [0.1, 0.15) is 24.2 Å². The van der Waals surface area contributed by atoms with Crippen molar-refractivity contribution in [2.45, 2.75) is 13.8 Å².